The van der Waals surface area contributed by atoms with Crippen LogP contribution in [0.1, 0.15) is 38.7 Å². The third-order valence-corrected chi connectivity index (χ3v) is 5.15. The summed E-state index contributed by atoms with van der Waals surface area (Å²) in [6.45, 7) is 9.73. The zero-order chi connectivity index (χ0) is 15.3. The van der Waals surface area contributed by atoms with E-state index in [4.69, 9.17) is 4.42 Å². The van der Waals surface area contributed by atoms with Crippen molar-refractivity contribution in [3.63, 3.8) is 0 Å². The Morgan fingerprint density at radius 2 is 2.05 bits per heavy atom. The molecule has 0 aromatic carbocycles. The molecule has 1 aromatic rings. The number of nitrogens with one attached hydrogen (secondary N) is 1. The highest BCUT2D eigenvalue weighted by molar-refractivity contribution is 7.89. The number of furan rings is 1. The lowest BCUT2D eigenvalue weighted by Crippen LogP contribution is -2.28. The van der Waals surface area contributed by atoms with Gasteiger partial charge in [0.2, 0.25) is 10.0 Å². The van der Waals surface area contributed by atoms with Gasteiger partial charge in [0.1, 0.15) is 16.4 Å². The second kappa shape index (κ2) is 7.24. The van der Waals surface area contributed by atoms with Crippen molar-refractivity contribution in [1.29, 1.82) is 0 Å². The molecule has 0 bridgehead atoms. The van der Waals surface area contributed by atoms with Crippen LogP contribution in [0.2, 0.25) is 0 Å². The minimum Gasteiger partial charge on any atom is -0.464 e. The van der Waals surface area contributed by atoms with Gasteiger partial charge in [0.05, 0.1) is 6.54 Å². The molecule has 116 valence electrons. The molecule has 0 unspecified atom stereocenters. The second-order valence-electron chi connectivity index (χ2n) is 5.42. The maximum atomic E-state index is 12.5. The van der Waals surface area contributed by atoms with Crippen molar-refractivity contribution in [3.8, 4) is 0 Å². The van der Waals surface area contributed by atoms with Gasteiger partial charge >= 0.3 is 0 Å². The molecule has 0 radical (unpaired) electrons. The lowest BCUT2D eigenvalue weighted by Gasteiger charge is -2.17. The lowest BCUT2D eigenvalue weighted by molar-refractivity contribution is 0.424. The zero-order valence-corrected chi connectivity index (χ0v) is 13.9. The summed E-state index contributed by atoms with van der Waals surface area (Å²) in [6, 6.07) is 1.62. The van der Waals surface area contributed by atoms with Crippen LogP contribution < -0.4 is 5.32 Å². The Morgan fingerprint density at radius 3 is 2.60 bits per heavy atom. The molecule has 0 spiro atoms. The Labute approximate surface area is 122 Å². The summed E-state index contributed by atoms with van der Waals surface area (Å²) < 4.78 is 31.9. The van der Waals surface area contributed by atoms with Crippen LogP contribution in [0, 0.1) is 12.8 Å². The van der Waals surface area contributed by atoms with E-state index < -0.39 is 10.0 Å². The summed E-state index contributed by atoms with van der Waals surface area (Å²) in [5, 5.41) is 3.12. The summed E-state index contributed by atoms with van der Waals surface area (Å²) in [7, 11) is -1.84. The highest BCUT2D eigenvalue weighted by Crippen LogP contribution is 2.23. The molecule has 0 aliphatic heterocycles. The monoisotopic (exact) mass is 302 g/mol. The molecule has 0 amide bonds. The van der Waals surface area contributed by atoms with E-state index in [1.807, 2.05) is 6.92 Å². The molecule has 0 saturated carbocycles. The molecule has 1 heterocycles. The molecule has 6 heteroatoms. The summed E-state index contributed by atoms with van der Waals surface area (Å²) in [6.07, 6.45) is 0.844. The van der Waals surface area contributed by atoms with Gasteiger partial charge in [-0.15, -0.1) is 0 Å². The van der Waals surface area contributed by atoms with E-state index >= 15 is 0 Å². The van der Waals surface area contributed by atoms with Gasteiger partial charge in [0.25, 0.3) is 0 Å². The normalized spacial score (nSPS) is 12.6. The Morgan fingerprint density at radius 1 is 1.40 bits per heavy atom. The molecule has 5 nitrogen and oxygen atoms in total. The van der Waals surface area contributed by atoms with E-state index in [9.17, 15) is 8.42 Å². The van der Waals surface area contributed by atoms with Crippen LogP contribution >= 0.6 is 0 Å². The standard InChI is InChI=1S/C14H26N2O3S/c1-6-15-10-13-9-14(12(4)19-13)20(17,18)16(5)8-7-11(2)3/h9,11,15H,6-8,10H2,1-5H3. The van der Waals surface area contributed by atoms with Crippen LogP contribution in [0.25, 0.3) is 0 Å². The molecular formula is C14H26N2O3S. The Kier molecular flexibility index (Phi) is 6.23. The average Bonchev–Trinajstić information content (AvgIpc) is 2.75. The largest absolute Gasteiger partial charge is 0.464 e. The van der Waals surface area contributed by atoms with E-state index in [1.54, 1.807) is 20.0 Å². The number of sulfonamides is 1. The number of rotatable bonds is 8. The molecule has 0 aliphatic rings. The maximum Gasteiger partial charge on any atom is 0.246 e. The third-order valence-electron chi connectivity index (χ3n) is 3.18. The van der Waals surface area contributed by atoms with Gasteiger partial charge < -0.3 is 9.73 Å². The molecule has 0 atom stereocenters. The van der Waals surface area contributed by atoms with Crippen LogP contribution in [0.15, 0.2) is 15.4 Å². The van der Waals surface area contributed by atoms with Crippen molar-refractivity contribution < 1.29 is 12.8 Å². The van der Waals surface area contributed by atoms with Gasteiger partial charge in [-0.05, 0) is 25.8 Å². The topological polar surface area (TPSA) is 62.6 Å². The van der Waals surface area contributed by atoms with Crippen molar-refractivity contribution >= 4 is 10.0 Å². The number of hydrogen-bond donors (Lipinski definition) is 1. The van der Waals surface area contributed by atoms with Gasteiger partial charge in [-0.1, -0.05) is 20.8 Å². The van der Waals surface area contributed by atoms with E-state index in [-0.39, 0.29) is 4.90 Å². The van der Waals surface area contributed by atoms with E-state index in [0.717, 1.165) is 13.0 Å². The Balaban J connectivity index is 2.88. The second-order valence-corrected chi connectivity index (χ2v) is 7.44. The predicted octanol–water partition coefficient (Wildman–Crippen LogP) is 2.36. The summed E-state index contributed by atoms with van der Waals surface area (Å²) >= 11 is 0. The minimum absolute atomic E-state index is 0.275. The third kappa shape index (κ3) is 4.33. The molecule has 1 rings (SSSR count). The van der Waals surface area contributed by atoms with Crippen LogP contribution in [0.3, 0.4) is 0 Å². The van der Waals surface area contributed by atoms with Crippen molar-refractivity contribution in [2.75, 3.05) is 20.1 Å². The average molecular weight is 302 g/mol. The van der Waals surface area contributed by atoms with E-state index in [2.05, 4.69) is 19.2 Å². The first kappa shape index (κ1) is 17.2. The molecule has 0 aliphatic carbocycles. The SMILES string of the molecule is CCNCc1cc(S(=O)(=O)N(C)CCC(C)C)c(C)o1. The van der Waals surface area contributed by atoms with Crippen LogP contribution in [-0.2, 0) is 16.6 Å². The molecule has 20 heavy (non-hydrogen) atoms. The lowest BCUT2D eigenvalue weighted by atomic mass is 10.1. The highest BCUT2D eigenvalue weighted by Gasteiger charge is 2.25. The number of aryl methyl sites for hydroxylation is 1. The summed E-state index contributed by atoms with van der Waals surface area (Å²) in [5.41, 5.74) is 0. The van der Waals surface area contributed by atoms with Crippen molar-refractivity contribution in [2.45, 2.75) is 45.6 Å². The Hall–Kier alpha value is -0.850. The van der Waals surface area contributed by atoms with Crippen LogP contribution in [0.5, 0.6) is 0 Å². The van der Waals surface area contributed by atoms with Crippen LogP contribution in [0.4, 0.5) is 0 Å². The summed E-state index contributed by atoms with van der Waals surface area (Å²) in [5.74, 6) is 1.58. The van der Waals surface area contributed by atoms with Crippen molar-refractivity contribution in [3.05, 3.63) is 17.6 Å². The first-order valence-corrected chi connectivity index (χ1v) is 8.49. The van der Waals surface area contributed by atoms with Gasteiger partial charge in [0, 0.05) is 19.7 Å². The van der Waals surface area contributed by atoms with Crippen molar-refractivity contribution in [2.24, 2.45) is 5.92 Å². The fourth-order valence-corrected chi connectivity index (χ4v) is 3.21. The molecular weight excluding hydrogens is 276 g/mol. The number of hydrogen-bond acceptors (Lipinski definition) is 4. The van der Waals surface area contributed by atoms with Gasteiger partial charge in [-0.25, -0.2) is 12.7 Å². The van der Waals surface area contributed by atoms with Crippen LogP contribution in [-0.4, -0.2) is 32.9 Å². The maximum absolute atomic E-state index is 12.5. The Bertz CT molecular complexity index is 521. The smallest absolute Gasteiger partial charge is 0.246 e. The molecule has 0 saturated heterocycles. The first-order chi connectivity index (χ1) is 9.28. The fraction of sp³-hybridized carbons (Fsp3) is 0.714. The fourth-order valence-electron chi connectivity index (χ4n) is 1.84. The number of nitrogens with zero attached hydrogens (tertiary/aromatic N) is 1. The van der Waals surface area contributed by atoms with Crippen molar-refractivity contribution in [1.82, 2.24) is 9.62 Å². The highest BCUT2D eigenvalue weighted by atomic mass is 32.2. The molecule has 1 aromatic heterocycles. The van der Waals surface area contributed by atoms with Gasteiger partial charge in [-0.2, -0.15) is 0 Å². The summed E-state index contributed by atoms with van der Waals surface area (Å²) in [4.78, 5) is 0.275. The molecule has 0 fully saturated rings. The zero-order valence-electron chi connectivity index (χ0n) is 13.1. The predicted molar refractivity (Wildman–Crippen MR) is 80.1 cm³/mol. The first-order valence-electron chi connectivity index (χ1n) is 7.05. The molecule has 1 N–H and O–H groups in total. The van der Waals surface area contributed by atoms with E-state index in [1.165, 1.54) is 4.31 Å². The van der Waals surface area contributed by atoms with E-state index in [0.29, 0.717) is 30.5 Å². The van der Waals surface area contributed by atoms with Gasteiger partial charge in [-0.3, -0.25) is 0 Å². The minimum atomic E-state index is -3.46. The van der Waals surface area contributed by atoms with Gasteiger partial charge in [0.15, 0.2) is 0 Å². The quantitative estimate of drug-likeness (QED) is 0.801.